The maximum atomic E-state index is 13.2. The van der Waals surface area contributed by atoms with Crippen molar-refractivity contribution in [1.29, 1.82) is 0 Å². The summed E-state index contributed by atoms with van der Waals surface area (Å²) in [5.41, 5.74) is 3.29. The summed E-state index contributed by atoms with van der Waals surface area (Å²) in [6.07, 6.45) is 1.34. The van der Waals surface area contributed by atoms with E-state index in [9.17, 15) is 13.2 Å². The van der Waals surface area contributed by atoms with Crippen LogP contribution in [0.4, 0.5) is 0 Å². The highest BCUT2D eigenvalue weighted by atomic mass is 32.2. The SMILES string of the molecule is Cc1ccc(CNC(=O)[C@]2(C)CCCN(S(=O)(=O)c3cc(C)cc(C)c3)C2)cc1. The number of carbonyl (C=O) groups excluding carboxylic acids is 1. The van der Waals surface area contributed by atoms with Gasteiger partial charge in [0.1, 0.15) is 0 Å². The first-order valence-corrected chi connectivity index (χ1v) is 11.5. The van der Waals surface area contributed by atoms with Crippen LogP contribution < -0.4 is 5.32 Å². The standard InChI is InChI=1S/C23H30N2O3S/c1-17-6-8-20(9-7-17)15-24-22(26)23(4)10-5-11-25(16-23)29(27,28)21-13-18(2)12-19(3)14-21/h6-9,12-14H,5,10-11,15-16H2,1-4H3,(H,24,26)/t23-/m1/s1. The Balaban J connectivity index is 1.74. The summed E-state index contributed by atoms with van der Waals surface area (Å²) in [6.45, 7) is 8.75. The van der Waals surface area contributed by atoms with Gasteiger partial charge in [0.15, 0.2) is 0 Å². The van der Waals surface area contributed by atoms with Gasteiger partial charge in [0.25, 0.3) is 0 Å². The van der Waals surface area contributed by atoms with E-state index in [0.717, 1.165) is 16.7 Å². The highest BCUT2D eigenvalue weighted by Gasteiger charge is 2.41. The zero-order chi connectivity index (χ0) is 21.2. The summed E-state index contributed by atoms with van der Waals surface area (Å²) < 4.78 is 27.9. The molecular weight excluding hydrogens is 384 g/mol. The van der Waals surface area contributed by atoms with Crippen LogP contribution in [0.25, 0.3) is 0 Å². The predicted molar refractivity (Wildman–Crippen MR) is 115 cm³/mol. The minimum absolute atomic E-state index is 0.0987. The molecule has 0 unspecified atom stereocenters. The monoisotopic (exact) mass is 414 g/mol. The fourth-order valence-corrected chi connectivity index (χ4v) is 5.71. The van der Waals surface area contributed by atoms with Crippen molar-refractivity contribution in [2.24, 2.45) is 5.41 Å². The lowest BCUT2D eigenvalue weighted by Gasteiger charge is -2.38. The molecule has 29 heavy (non-hydrogen) atoms. The van der Waals surface area contributed by atoms with Gasteiger partial charge in [-0.1, -0.05) is 35.9 Å². The van der Waals surface area contributed by atoms with Crippen molar-refractivity contribution in [2.45, 2.75) is 52.0 Å². The Bertz CT molecular complexity index is 979. The smallest absolute Gasteiger partial charge is 0.243 e. The van der Waals surface area contributed by atoms with E-state index in [0.29, 0.717) is 30.8 Å². The lowest BCUT2D eigenvalue weighted by atomic mass is 9.82. The second-order valence-electron chi connectivity index (χ2n) is 8.49. The van der Waals surface area contributed by atoms with E-state index in [1.807, 2.05) is 58.0 Å². The van der Waals surface area contributed by atoms with Gasteiger partial charge < -0.3 is 5.32 Å². The molecule has 0 spiro atoms. The molecule has 156 valence electrons. The van der Waals surface area contributed by atoms with Crippen molar-refractivity contribution in [3.63, 3.8) is 0 Å². The minimum Gasteiger partial charge on any atom is -0.352 e. The molecule has 1 N–H and O–H groups in total. The normalized spacial score (nSPS) is 20.4. The molecule has 2 aromatic carbocycles. The average molecular weight is 415 g/mol. The number of nitrogens with zero attached hydrogens (tertiary/aromatic N) is 1. The molecule has 1 atom stereocenters. The molecule has 2 aromatic rings. The number of hydrogen-bond acceptors (Lipinski definition) is 3. The van der Waals surface area contributed by atoms with E-state index in [4.69, 9.17) is 0 Å². The molecule has 0 aliphatic carbocycles. The highest BCUT2D eigenvalue weighted by Crippen LogP contribution is 2.33. The van der Waals surface area contributed by atoms with E-state index in [1.165, 1.54) is 9.87 Å². The van der Waals surface area contributed by atoms with E-state index in [1.54, 1.807) is 12.1 Å². The van der Waals surface area contributed by atoms with Crippen LogP contribution >= 0.6 is 0 Å². The van der Waals surface area contributed by atoms with Gasteiger partial charge in [0.2, 0.25) is 15.9 Å². The highest BCUT2D eigenvalue weighted by molar-refractivity contribution is 7.89. The number of nitrogens with one attached hydrogen (secondary N) is 1. The van der Waals surface area contributed by atoms with Gasteiger partial charge in [-0.05, 0) is 69.4 Å². The lowest BCUT2D eigenvalue weighted by Crippen LogP contribution is -2.51. The molecule has 3 rings (SSSR count). The van der Waals surface area contributed by atoms with Gasteiger partial charge in [-0.3, -0.25) is 4.79 Å². The van der Waals surface area contributed by atoms with Crippen LogP contribution in [-0.2, 0) is 21.4 Å². The van der Waals surface area contributed by atoms with Crippen molar-refractivity contribution in [3.05, 3.63) is 64.7 Å². The Morgan fingerprint density at radius 3 is 2.28 bits per heavy atom. The van der Waals surface area contributed by atoms with E-state index in [-0.39, 0.29) is 12.5 Å². The van der Waals surface area contributed by atoms with Crippen molar-refractivity contribution >= 4 is 15.9 Å². The Hall–Kier alpha value is -2.18. The maximum Gasteiger partial charge on any atom is 0.243 e. The van der Waals surface area contributed by atoms with Gasteiger partial charge in [0.05, 0.1) is 10.3 Å². The number of benzene rings is 2. The summed E-state index contributed by atoms with van der Waals surface area (Å²) >= 11 is 0. The molecule has 1 amide bonds. The Morgan fingerprint density at radius 2 is 1.66 bits per heavy atom. The lowest BCUT2D eigenvalue weighted by molar-refractivity contribution is -0.132. The van der Waals surface area contributed by atoms with Gasteiger partial charge in [-0.25, -0.2) is 8.42 Å². The molecule has 0 saturated carbocycles. The van der Waals surface area contributed by atoms with Gasteiger partial charge in [-0.15, -0.1) is 0 Å². The molecular formula is C23H30N2O3S. The van der Waals surface area contributed by atoms with Crippen LogP contribution in [0.5, 0.6) is 0 Å². The first kappa shape index (κ1) is 21.5. The van der Waals surface area contributed by atoms with Crippen LogP contribution in [0.15, 0.2) is 47.4 Å². The predicted octanol–water partition coefficient (Wildman–Crippen LogP) is 3.72. The quantitative estimate of drug-likeness (QED) is 0.811. The fourth-order valence-electron chi connectivity index (χ4n) is 3.92. The number of rotatable bonds is 5. The third-order valence-electron chi connectivity index (χ3n) is 5.62. The summed E-state index contributed by atoms with van der Waals surface area (Å²) in [7, 11) is -3.63. The summed E-state index contributed by atoms with van der Waals surface area (Å²) in [5, 5.41) is 3.00. The third kappa shape index (κ3) is 4.87. The van der Waals surface area contributed by atoms with Crippen LogP contribution in [-0.4, -0.2) is 31.7 Å². The third-order valence-corrected chi connectivity index (χ3v) is 7.44. The number of hydrogen-bond donors (Lipinski definition) is 1. The number of carbonyl (C=O) groups is 1. The Morgan fingerprint density at radius 1 is 1.03 bits per heavy atom. The van der Waals surface area contributed by atoms with Crippen LogP contribution in [0.3, 0.4) is 0 Å². The van der Waals surface area contributed by atoms with E-state index >= 15 is 0 Å². The van der Waals surface area contributed by atoms with E-state index < -0.39 is 15.4 Å². The molecule has 0 radical (unpaired) electrons. The van der Waals surface area contributed by atoms with Gasteiger partial charge in [-0.2, -0.15) is 4.31 Å². The fraction of sp³-hybridized carbons (Fsp3) is 0.435. The topological polar surface area (TPSA) is 66.5 Å². The molecule has 0 bridgehead atoms. The van der Waals surface area contributed by atoms with Crippen LogP contribution in [0.2, 0.25) is 0 Å². The van der Waals surface area contributed by atoms with Crippen LogP contribution in [0, 0.1) is 26.2 Å². The van der Waals surface area contributed by atoms with Crippen molar-refractivity contribution in [3.8, 4) is 0 Å². The average Bonchev–Trinajstić information content (AvgIpc) is 2.66. The van der Waals surface area contributed by atoms with Gasteiger partial charge >= 0.3 is 0 Å². The van der Waals surface area contributed by atoms with Crippen LogP contribution in [0.1, 0.15) is 42.0 Å². The molecule has 0 aromatic heterocycles. The summed E-state index contributed by atoms with van der Waals surface area (Å²) in [6, 6.07) is 13.4. The molecule has 1 aliphatic heterocycles. The second kappa shape index (κ2) is 8.28. The first-order chi connectivity index (χ1) is 13.6. The number of sulfonamides is 1. The molecule has 1 saturated heterocycles. The van der Waals surface area contributed by atoms with Crippen molar-refractivity contribution in [2.75, 3.05) is 13.1 Å². The zero-order valence-corrected chi connectivity index (χ0v) is 18.5. The Kier molecular flexibility index (Phi) is 6.15. The van der Waals surface area contributed by atoms with Crippen molar-refractivity contribution < 1.29 is 13.2 Å². The largest absolute Gasteiger partial charge is 0.352 e. The molecule has 1 heterocycles. The Labute approximate surface area is 174 Å². The maximum absolute atomic E-state index is 13.2. The summed E-state index contributed by atoms with van der Waals surface area (Å²) in [4.78, 5) is 13.2. The molecule has 1 aliphatic rings. The van der Waals surface area contributed by atoms with Crippen molar-refractivity contribution in [1.82, 2.24) is 9.62 Å². The zero-order valence-electron chi connectivity index (χ0n) is 17.7. The first-order valence-electron chi connectivity index (χ1n) is 10.0. The minimum atomic E-state index is -3.63. The molecule has 1 fully saturated rings. The molecule has 6 heteroatoms. The number of piperidine rings is 1. The molecule has 5 nitrogen and oxygen atoms in total. The van der Waals surface area contributed by atoms with Gasteiger partial charge in [0, 0.05) is 19.6 Å². The summed E-state index contributed by atoms with van der Waals surface area (Å²) in [5.74, 6) is -0.0987. The number of aryl methyl sites for hydroxylation is 3. The second-order valence-corrected chi connectivity index (χ2v) is 10.4. The van der Waals surface area contributed by atoms with E-state index in [2.05, 4.69) is 5.32 Å². The number of amides is 1.